The van der Waals surface area contributed by atoms with Gasteiger partial charge in [-0.25, -0.2) is 0 Å². The summed E-state index contributed by atoms with van der Waals surface area (Å²) in [5.74, 6) is -9.61. The average molecular weight is 1410 g/mol. The maximum Gasteiger partial charge on any atom is 0.248 e. The standard InChI is InChI=1S/C73H128N12O15/c1-23-47(13)61-72(98)84-32-28-29-53(84)68(94)78(18)55(35-44(7)8)63(89)76-52(41-100-73(15,16)17)67(93)85-40-49(99-24-2)38-56(85)64(90)77-60(48(14)86)71(97)81(21)58(37-46(11)12)70(96)80(20)57(36-45(9)10)69(95)79(19)54(34-43(5)6)62(88)75-51(66(92)83-30-26-25-27-31-83)39-59(87)74-50(33-42(3)4)65(91)82(61)22/h42-58,60-61,86H,23-41H2,1-22H3,(H,74,87)(H,75,88)(H,76,89)(H,77,90)/t47-,48+,49+,50+,51-,52-,53-,54-,55-,56-,57-,58-,60-,61-/m0/s1. The van der Waals surface area contributed by atoms with E-state index in [9.17, 15) is 19.5 Å². The number of carbonyl (C=O) groups excluding carboxylic acids is 12. The van der Waals surface area contributed by atoms with Crippen molar-refractivity contribution in [3.8, 4) is 0 Å². The van der Waals surface area contributed by atoms with Crippen LogP contribution in [0.4, 0.5) is 0 Å². The van der Waals surface area contributed by atoms with Crippen LogP contribution in [0.25, 0.3) is 0 Å². The van der Waals surface area contributed by atoms with Crippen molar-refractivity contribution in [2.24, 2.45) is 35.5 Å². The van der Waals surface area contributed by atoms with Crippen LogP contribution in [0.5, 0.6) is 0 Å². The molecule has 0 aromatic heterocycles. The zero-order chi connectivity index (χ0) is 75.7. The Labute approximate surface area is 596 Å². The smallest absolute Gasteiger partial charge is 0.248 e. The fourth-order valence-electron chi connectivity index (χ4n) is 14.1. The van der Waals surface area contributed by atoms with E-state index in [4.69, 9.17) is 9.47 Å². The summed E-state index contributed by atoms with van der Waals surface area (Å²) in [6.45, 7) is 31.3. The first-order valence-corrected chi connectivity index (χ1v) is 37.0. The fourth-order valence-corrected chi connectivity index (χ4v) is 14.1. The van der Waals surface area contributed by atoms with E-state index in [1.807, 2.05) is 83.1 Å². The molecule has 100 heavy (non-hydrogen) atoms. The number of likely N-dealkylation sites (N-methyl/N-ethyl adjacent to an activating group) is 5. The van der Waals surface area contributed by atoms with Crippen LogP contribution in [0, 0.1) is 35.5 Å². The molecule has 4 aliphatic heterocycles. The predicted octanol–water partition coefficient (Wildman–Crippen LogP) is 3.95. The molecule has 0 bridgehead atoms. The van der Waals surface area contributed by atoms with Crippen molar-refractivity contribution in [2.75, 3.05) is 74.6 Å². The molecule has 0 unspecified atom stereocenters. The van der Waals surface area contributed by atoms with Crippen LogP contribution >= 0.6 is 0 Å². The van der Waals surface area contributed by atoms with Crippen molar-refractivity contribution >= 4 is 70.9 Å². The minimum atomic E-state index is -1.69. The summed E-state index contributed by atoms with van der Waals surface area (Å²) >= 11 is 0. The Kier molecular flexibility index (Phi) is 33.2. The molecular weight excluding hydrogens is 1280 g/mol. The van der Waals surface area contributed by atoms with Crippen LogP contribution in [0.15, 0.2) is 0 Å². The molecule has 0 radical (unpaired) electrons. The van der Waals surface area contributed by atoms with Crippen LogP contribution in [-0.4, -0.2) is 274 Å². The molecule has 4 saturated heterocycles. The van der Waals surface area contributed by atoms with Gasteiger partial charge in [0.1, 0.15) is 66.5 Å². The number of likely N-dealkylation sites (tertiary alicyclic amines) is 1. The van der Waals surface area contributed by atoms with Crippen LogP contribution in [-0.2, 0) is 67.0 Å². The second kappa shape index (κ2) is 38.7. The Bertz CT molecular complexity index is 2800. The number of nitrogens with zero attached hydrogens (tertiary/aromatic N) is 8. The van der Waals surface area contributed by atoms with Gasteiger partial charge in [-0.05, 0) is 134 Å². The van der Waals surface area contributed by atoms with E-state index in [0.717, 1.165) is 11.3 Å². The van der Waals surface area contributed by atoms with Gasteiger partial charge in [-0.1, -0.05) is 89.5 Å². The number of carbonyl (C=O) groups is 12. The Morgan fingerprint density at radius 1 is 0.510 bits per heavy atom. The quantitative estimate of drug-likeness (QED) is 0.130. The maximum absolute atomic E-state index is 15.4. The zero-order valence-electron chi connectivity index (χ0n) is 64.6. The number of rotatable bonds is 18. The van der Waals surface area contributed by atoms with Gasteiger partial charge in [0.2, 0.25) is 70.9 Å². The molecule has 4 rings (SSSR count). The van der Waals surface area contributed by atoms with E-state index in [1.54, 1.807) is 32.6 Å². The van der Waals surface area contributed by atoms with E-state index in [2.05, 4.69) is 21.3 Å². The minimum Gasteiger partial charge on any atom is -0.391 e. The topological polar surface area (TPSA) is 318 Å². The molecule has 4 aliphatic rings. The monoisotopic (exact) mass is 1410 g/mol. The predicted molar refractivity (Wildman–Crippen MR) is 380 cm³/mol. The van der Waals surface area contributed by atoms with Crippen molar-refractivity contribution in [1.29, 1.82) is 0 Å². The third kappa shape index (κ3) is 23.5. The van der Waals surface area contributed by atoms with Gasteiger partial charge in [-0.15, -0.1) is 0 Å². The number of aliphatic hydroxyl groups is 1. The summed E-state index contributed by atoms with van der Waals surface area (Å²) in [6, 6.07) is -14.4. The van der Waals surface area contributed by atoms with Crippen LogP contribution in [0.3, 0.4) is 0 Å². The third-order valence-corrected chi connectivity index (χ3v) is 19.8. The summed E-state index contributed by atoms with van der Waals surface area (Å²) < 4.78 is 12.2. The third-order valence-electron chi connectivity index (χ3n) is 19.8. The summed E-state index contributed by atoms with van der Waals surface area (Å²) in [5.41, 5.74) is -0.850. The SMILES string of the molecule is CCO[C@@H]1C[C@H]2C(=O)N[C@@H]([C@@H](C)O)C(=O)N(C)[C@@H](CC(C)C)C(=O)N(C)[C@@H](CC(C)C)C(=O)N(C)[C@@H](CC(C)C)C(=O)N[C@H](C(=O)N3CCCCC3)CC(=O)N[C@H](CC(C)C)C(=O)N(C)[C@@H]([C@@H](C)CC)C(=O)N3CCC[C@H]3C(=O)N(C)[C@@H](CC(C)C)C(=O)N[C@@H](COC(C)(C)C)C(=O)N2C1. The highest BCUT2D eigenvalue weighted by Gasteiger charge is 2.49. The largest absolute Gasteiger partial charge is 0.391 e. The molecule has 27 nitrogen and oxygen atoms in total. The number of ether oxygens (including phenoxy) is 2. The van der Waals surface area contributed by atoms with Gasteiger partial charge in [-0.2, -0.15) is 0 Å². The maximum atomic E-state index is 15.4. The Hall–Kier alpha value is -6.48. The molecule has 5 N–H and O–H groups in total. The number of aliphatic hydroxyl groups excluding tert-OH is 1. The molecule has 0 saturated carbocycles. The van der Waals surface area contributed by atoms with E-state index in [-0.39, 0.29) is 101 Å². The fraction of sp³-hybridized carbons (Fsp3) is 0.836. The molecule has 27 heteroatoms. The average Bonchev–Trinajstić information content (AvgIpc) is 1.56. The number of nitrogens with one attached hydrogen (secondary N) is 4. The van der Waals surface area contributed by atoms with Gasteiger partial charge in [0.05, 0.1) is 30.8 Å². The van der Waals surface area contributed by atoms with Crippen molar-refractivity contribution in [2.45, 2.75) is 285 Å². The summed E-state index contributed by atoms with van der Waals surface area (Å²) in [6.07, 6.45) is 0.882. The van der Waals surface area contributed by atoms with Crippen molar-refractivity contribution in [3.63, 3.8) is 0 Å². The van der Waals surface area contributed by atoms with Gasteiger partial charge < -0.3 is 75.0 Å². The van der Waals surface area contributed by atoms with Crippen molar-refractivity contribution in [1.82, 2.24) is 60.5 Å². The van der Waals surface area contributed by atoms with Gasteiger partial charge in [0.25, 0.3) is 0 Å². The molecule has 4 heterocycles. The second-order valence-electron chi connectivity index (χ2n) is 31.8. The Balaban J connectivity index is 2.00. The van der Waals surface area contributed by atoms with Crippen LogP contribution in [0.2, 0.25) is 0 Å². The highest BCUT2D eigenvalue weighted by molar-refractivity contribution is 6.00. The highest BCUT2D eigenvalue weighted by atomic mass is 16.5. The van der Waals surface area contributed by atoms with E-state index in [0.29, 0.717) is 38.8 Å². The van der Waals surface area contributed by atoms with Gasteiger partial charge in [0, 0.05) is 74.4 Å². The lowest BCUT2D eigenvalue weighted by Gasteiger charge is -2.40. The number of amides is 12. The van der Waals surface area contributed by atoms with E-state index >= 15 is 43.2 Å². The number of fused-ring (bicyclic) bond motifs is 2. The van der Waals surface area contributed by atoms with Crippen molar-refractivity contribution in [3.05, 3.63) is 0 Å². The first-order valence-electron chi connectivity index (χ1n) is 37.0. The summed E-state index contributed by atoms with van der Waals surface area (Å²) in [5, 5.41) is 22.9. The second-order valence-corrected chi connectivity index (χ2v) is 31.8. The summed E-state index contributed by atoms with van der Waals surface area (Å²) in [4.78, 5) is 192. The number of hydrogen-bond acceptors (Lipinski definition) is 15. The molecule has 4 fully saturated rings. The van der Waals surface area contributed by atoms with Crippen LogP contribution < -0.4 is 21.3 Å². The molecule has 14 atom stereocenters. The summed E-state index contributed by atoms with van der Waals surface area (Å²) in [7, 11) is 7.24. The molecular formula is C73H128N12O15. The molecule has 0 aromatic carbocycles. The first-order chi connectivity index (χ1) is 46.6. The highest BCUT2D eigenvalue weighted by Crippen LogP contribution is 2.30. The zero-order valence-corrected chi connectivity index (χ0v) is 64.6. The van der Waals surface area contributed by atoms with Gasteiger partial charge in [-0.3, -0.25) is 57.5 Å². The molecule has 570 valence electrons. The molecule has 0 spiro atoms. The Morgan fingerprint density at radius 2 is 1.00 bits per heavy atom. The number of piperidine rings is 1. The Morgan fingerprint density at radius 3 is 1.49 bits per heavy atom. The van der Waals surface area contributed by atoms with Crippen LogP contribution in [0.1, 0.15) is 201 Å². The number of hydrogen-bond donors (Lipinski definition) is 5. The van der Waals surface area contributed by atoms with Gasteiger partial charge in [0.15, 0.2) is 0 Å². The van der Waals surface area contributed by atoms with Crippen molar-refractivity contribution < 1.29 is 72.1 Å². The lowest BCUT2D eigenvalue weighted by atomic mass is 9.94. The lowest BCUT2D eigenvalue weighted by molar-refractivity contribution is -0.154. The molecule has 12 amide bonds. The van der Waals surface area contributed by atoms with E-state index in [1.165, 1.54) is 71.6 Å². The lowest BCUT2D eigenvalue weighted by Crippen LogP contribution is -2.63. The normalized spacial score (nSPS) is 28.3. The molecule has 0 aliphatic carbocycles. The molecule has 0 aromatic rings. The minimum absolute atomic E-state index is 0.0561. The first kappa shape index (κ1) is 85.9. The van der Waals surface area contributed by atoms with Gasteiger partial charge >= 0.3 is 0 Å². The van der Waals surface area contributed by atoms with E-state index < -0.39 is 167 Å².